The van der Waals surface area contributed by atoms with Crippen molar-refractivity contribution in [2.24, 2.45) is 0 Å². The van der Waals surface area contributed by atoms with Crippen LogP contribution in [0.5, 0.6) is 0 Å². The molecule has 0 atom stereocenters. The van der Waals surface area contributed by atoms with Crippen LogP contribution in [-0.4, -0.2) is 54.2 Å². The molecule has 1 fully saturated rings. The molecule has 33 heavy (non-hydrogen) atoms. The maximum absolute atomic E-state index is 12.4. The summed E-state index contributed by atoms with van der Waals surface area (Å²) < 4.78 is 5.01. The maximum atomic E-state index is 12.4. The number of hydrogen-bond acceptors (Lipinski definition) is 5. The van der Waals surface area contributed by atoms with Crippen molar-refractivity contribution in [2.75, 3.05) is 38.6 Å². The van der Waals surface area contributed by atoms with E-state index in [9.17, 15) is 4.79 Å². The van der Waals surface area contributed by atoms with Crippen LogP contribution in [0.2, 0.25) is 0 Å². The summed E-state index contributed by atoms with van der Waals surface area (Å²) in [7, 11) is 1.41. The van der Waals surface area contributed by atoms with Crippen LogP contribution in [0.25, 0.3) is 0 Å². The van der Waals surface area contributed by atoms with Gasteiger partial charge in [0.25, 0.3) is 0 Å². The molecule has 1 aliphatic heterocycles. The number of piperazine rings is 1. The summed E-state index contributed by atoms with van der Waals surface area (Å²) in [5, 5.41) is 4.74. The molecule has 2 heterocycles. The van der Waals surface area contributed by atoms with Crippen molar-refractivity contribution < 1.29 is 9.53 Å². The number of methoxy groups -OCH3 is 1. The molecule has 0 saturated carbocycles. The average molecular weight is 480 g/mol. The van der Waals surface area contributed by atoms with Gasteiger partial charge < -0.3 is 15.0 Å². The Kier molecular flexibility index (Phi) is 7.75. The molecular weight excluding hydrogens is 450 g/mol. The molecule has 1 N–H and O–H groups in total. The lowest BCUT2D eigenvalue weighted by atomic mass is 10.1. The molecule has 1 aliphatic rings. The molecule has 7 heteroatoms. The van der Waals surface area contributed by atoms with E-state index in [1.54, 1.807) is 11.3 Å². The lowest BCUT2D eigenvalue weighted by Crippen LogP contribution is -2.49. The van der Waals surface area contributed by atoms with Gasteiger partial charge in [0.2, 0.25) is 0 Å². The minimum absolute atomic E-state index is 0.348. The zero-order valence-corrected chi connectivity index (χ0v) is 20.7. The van der Waals surface area contributed by atoms with Gasteiger partial charge in [0.05, 0.1) is 12.7 Å². The number of benzene rings is 2. The van der Waals surface area contributed by atoms with Crippen molar-refractivity contribution in [3.8, 4) is 0 Å². The number of hydrogen-bond donors (Lipinski definition) is 1. The Morgan fingerprint density at radius 1 is 1.06 bits per heavy atom. The quantitative estimate of drug-likeness (QED) is 0.399. The van der Waals surface area contributed by atoms with Crippen molar-refractivity contribution >= 4 is 39.6 Å². The number of esters is 1. The highest BCUT2D eigenvalue weighted by atomic mass is 32.1. The van der Waals surface area contributed by atoms with Gasteiger partial charge in [0.15, 0.2) is 5.11 Å². The number of thiocarbonyl (C=S) groups is 1. The Balaban J connectivity index is 1.38. The van der Waals surface area contributed by atoms with Crippen LogP contribution >= 0.6 is 23.6 Å². The summed E-state index contributed by atoms with van der Waals surface area (Å²) in [6.45, 7) is 6.73. The van der Waals surface area contributed by atoms with Crippen LogP contribution in [0.3, 0.4) is 0 Å². The number of aryl methyl sites for hydroxylation is 1. The predicted molar refractivity (Wildman–Crippen MR) is 139 cm³/mol. The van der Waals surface area contributed by atoms with E-state index in [-0.39, 0.29) is 5.97 Å². The van der Waals surface area contributed by atoms with E-state index in [1.165, 1.54) is 23.8 Å². The molecule has 0 unspecified atom stereocenters. The van der Waals surface area contributed by atoms with Crippen LogP contribution in [-0.2, 0) is 17.7 Å². The van der Waals surface area contributed by atoms with E-state index >= 15 is 0 Å². The molecule has 2 aromatic carbocycles. The van der Waals surface area contributed by atoms with Crippen LogP contribution in [0, 0.1) is 6.92 Å². The van der Waals surface area contributed by atoms with Gasteiger partial charge in [0.1, 0.15) is 5.00 Å². The number of anilines is 1. The Morgan fingerprint density at radius 3 is 2.45 bits per heavy atom. The Labute approximate surface area is 205 Å². The number of thiophene rings is 1. The van der Waals surface area contributed by atoms with Crippen molar-refractivity contribution in [1.82, 2.24) is 9.80 Å². The van der Waals surface area contributed by atoms with E-state index in [2.05, 4.69) is 58.4 Å². The van der Waals surface area contributed by atoms with Gasteiger partial charge in [-0.25, -0.2) is 4.79 Å². The molecule has 172 valence electrons. The maximum Gasteiger partial charge on any atom is 0.340 e. The molecule has 0 aliphatic carbocycles. The zero-order chi connectivity index (χ0) is 23.2. The first-order chi connectivity index (χ1) is 16.0. The van der Waals surface area contributed by atoms with Gasteiger partial charge in [-0.15, -0.1) is 11.3 Å². The summed E-state index contributed by atoms with van der Waals surface area (Å²) in [6, 6.07) is 20.7. The van der Waals surface area contributed by atoms with Crippen LogP contribution in [0.4, 0.5) is 5.00 Å². The molecule has 0 spiro atoms. The number of ether oxygens (including phenoxy) is 1. The van der Waals surface area contributed by atoms with Crippen molar-refractivity contribution in [3.05, 3.63) is 87.8 Å². The average Bonchev–Trinajstić information content (AvgIpc) is 3.23. The van der Waals surface area contributed by atoms with Gasteiger partial charge in [-0.2, -0.15) is 0 Å². The summed E-state index contributed by atoms with van der Waals surface area (Å²) >= 11 is 7.28. The topological polar surface area (TPSA) is 44.8 Å². The van der Waals surface area contributed by atoms with Gasteiger partial charge >= 0.3 is 5.97 Å². The molecule has 5 nitrogen and oxygen atoms in total. The number of nitrogens with one attached hydrogen (secondary N) is 1. The fourth-order valence-corrected chi connectivity index (χ4v) is 5.42. The predicted octanol–water partition coefficient (Wildman–Crippen LogP) is 4.95. The number of rotatable bonds is 6. The summed E-state index contributed by atoms with van der Waals surface area (Å²) in [5.74, 6) is -0.348. The monoisotopic (exact) mass is 479 g/mol. The largest absolute Gasteiger partial charge is 0.465 e. The first-order valence-corrected chi connectivity index (χ1v) is 12.3. The first kappa shape index (κ1) is 23.4. The third kappa shape index (κ3) is 5.99. The van der Waals surface area contributed by atoms with Crippen LogP contribution < -0.4 is 5.32 Å². The Hall–Kier alpha value is -2.74. The molecule has 1 aromatic heterocycles. The van der Waals surface area contributed by atoms with Crippen LogP contribution in [0.1, 0.15) is 31.9 Å². The number of nitrogens with zero attached hydrogens (tertiary/aromatic N) is 2. The van der Waals surface area contributed by atoms with Crippen LogP contribution in [0.15, 0.2) is 60.7 Å². The first-order valence-electron chi connectivity index (χ1n) is 11.1. The van der Waals surface area contributed by atoms with Crippen molar-refractivity contribution in [1.29, 1.82) is 0 Å². The molecule has 4 rings (SSSR count). The fraction of sp³-hybridized carbons (Fsp3) is 0.308. The third-order valence-electron chi connectivity index (χ3n) is 5.94. The van der Waals surface area contributed by atoms with E-state index < -0.39 is 0 Å². The van der Waals surface area contributed by atoms with E-state index in [1.807, 2.05) is 24.3 Å². The standard InChI is InChI=1S/C26H29N3O2S2/c1-19-8-6-7-11-21(19)18-28-12-14-29(15-13-28)26(32)27-24-23(25(30)31-2)17-22(33-24)16-20-9-4-3-5-10-20/h3-11,17H,12-16,18H2,1-2H3,(H,27,32). The molecule has 0 amide bonds. The molecular formula is C26H29N3O2S2. The molecule has 0 bridgehead atoms. The van der Waals surface area contributed by atoms with Gasteiger partial charge in [-0.05, 0) is 41.9 Å². The highest BCUT2D eigenvalue weighted by Gasteiger charge is 2.23. The zero-order valence-electron chi connectivity index (χ0n) is 19.0. The fourth-order valence-electron chi connectivity index (χ4n) is 3.99. The Bertz CT molecular complexity index is 1110. The van der Waals surface area contributed by atoms with Gasteiger partial charge in [0, 0.05) is 44.0 Å². The Morgan fingerprint density at radius 2 is 1.76 bits per heavy atom. The van der Waals surface area contributed by atoms with Crippen molar-refractivity contribution in [2.45, 2.75) is 19.9 Å². The highest BCUT2D eigenvalue weighted by Crippen LogP contribution is 2.31. The highest BCUT2D eigenvalue weighted by molar-refractivity contribution is 7.80. The van der Waals surface area contributed by atoms with Gasteiger partial charge in [-0.3, -0.25) is 4.90 Å². The lowest BCUT2D eigenvalue weighted by molar-refractivity contribution is 0.0602. The minimum atomic E-state index is -0.348. The molecule has 1 saturated heterocycles. The smallest absolute Gasteiger partial charge is 0.340 e. The second kappa shape index (κ2) is 10.9. The minimum Gasteiger partial charge on any atom is -0.465 e. The normalized spacial score (nSPS) is 14.2. The van der Waals surface area contributed by atoms with E-state index in [0.29, 0.717) is 10.7 Å². The summed E-state index contributed by atoms with van der Waals surface area (Å²) in [6.07, 6.45) is 0.765. The van der Waals surface area contributed by atoms with E-state index in [4.69, 9.17) is 17.0 Å². The number of carbonyl (C=O) groups excluding carboxylic acids is 1. The SMILES string of the molecule is COC(=O)c1cc(Cc2ccccc2)sc1NC(=S)N1CCN(Cc2ccccc2C)CC1. The lowest BCUT2D eigenvalue weighted by Gasteiger charge is -2.36. The second-order valence-electron chi connectivity index (χ2n) is 8.23. The summed E-state index contributed by atoms with van der Waals surface area (Å²) in [5.41, 5.74) is 4.44. The van der Waals surface area contributed by atoms with Crippen molar-refractivity contribution in [3.63, 3.8) is 0 Å². The second-order valence-corrected chi connectivity index (χ2v) is 9.75. The molecule has 0 radical (unpaired) electrons. The van der Waals surface area contributed by atoms with Gasteiger partial charge in [-0.1, -0.05) is 54.6 Å². The molecule has 3 aromatic rings. The van der Waals surface area contributed by atoms with E-state index in [0.717, 1.165) is 49.0 Å². The third-order valence-corrected chi connectivity index (χ3v) is 7.36. The summed E-state index contributed by atoms with van der Waals surface area (Å²) in [4.78, 5) is 18.1. The number of carbonyl (C=O) groups is 1.